The summed E-state index contributed by atoms with van der Waals surface area (Å²) in [7, 11) is -4.70. The molecule has 23 heavy (non-hydrogen) atoms. The molecule has 0 bridgehead atoms. The third kappa shape index (κ3) is 3.25. The summed E-state index contributed by atoms with van der Waals surface area (Å²) in [4.78, 5) is 25.8. The fourth-order valence-electron chi connectivity index (χ4n) is 2.53. The average molecular weight is 366 g/mol. The molecule has 1 aromatic heterocycles. The third-order valence-electron chi connectivity index (χ3n) is 3.60. The number of hydrogen-bond acceptors (Lipinski definition) is 9. The molecule has 1 aromatic rings. The summed E-state index contributed by atoms with van der Waals surface area (Å²) in [6.07, 6.45) is -3.30. The van der Waals surface area contributed by atoms with E-state index in [1.54, 1.807) is 4.90 Å². The second kappa shape index (κ2) is 6.07. The van der Waals surface area contributed by atoms with Crippen LogP contribution in [0.15, 0.2) is 6.33 Å². The topological polar surface area (TPSA) is 160 Å². The van der Waals surface area contributed by atoms with Crippen LogP contribution in [0.5, 0.6) is 0 Å². The van der Waals surface area contributed by atoms with Gasteiger partial charge in [-0.05, 0) is 0 Å². The van der Waals surface area contributed by atoms with Crippen LogP contribution < -0.4 is 10.2 Å². The van der Waals surface area contributed by atoms with Crippen molar-refractivity contribution in [3.63, 3.8) is 0 Å². The molecule has 13 heteroatoms. The molecule has 0 aromatic carbocycles. The molecular weight excluding hydrogens is 351 g/mol. The van der Waals surface area contributed by atoms with Crippen LogP contribution >= 0.6 is 20.0 Å². The van der Waals surface area contributed by atoms with Crippen molar-refractivity contribution in [1.82, 2.24) is 9.97 Å². The molecule has 128 valence electrons. The first-order valence-electron chi connectivity index (χ1n) is 6.58. The number of H-pyrrole nitrogens is 1. The van der Waals surface area contributed by atoms with Gasteiger partial charge in [0, 0.05) is 0 Å². The molecule has 0 amide bonds. The van der Waals surface area contributed by atoms with Gasteiger partial charge in [-0.2, -0.15) is 0 Å². The number of aliphatic hydroxyl groups excluding tert-OH is 2. The normalized spacial score (nSPS) is 30.3. The fourth-order valence-corrected chi connectivity index (χ4v) is 3.09. The lowest BCUT2D eigenvalue weighted by Gasteiger charge is -2.27. The molecule has 6 N–H and O–H groups in total. The van der Waals surface area contributed by atoms with Crippen molar-refractivity contribution < 1.29 is 33.8 Å². The number of rotatable bonds is 4. The predicted octanol–water partition coefficient (Wildman–Crippen LogP) is -1.12. The zero-order chi connectivity index (χ0) is 16.8. The summed E-state index contributed by atoms with van der Waals surface area (Å²) in [6.45, 7) is -0.304. The van der Waals surface area contributed by atoms with Crippen LogP contribution in [0.1, 0.15) is 0 Å². The Balaban J connectivity index is 1.77. The number of phosphoric acid groups is 1. The standard InChI is InChI=1S/C10H15N4O7PS/c15-6-4(1-20-22(17,18)19)21-10(7(6)16)14-3-13-5-8(14)11-2-12-9(5)23/h2,4,6-7,10,13,15-16H,1,3H2,(H,11,12,23)(H2,17,18,19)/t4-,6?,7?,10-/m0/s1. The molecule has 0 aliphatic carbocycles. The van der Waals surface area contributed by atoms with Gasteiger partial charge in [-0.15, -0.1) is 0 Å². The van der Waals surface area contributed by atoms with Crippen molar-refractivity contribution in [3.8, 4) is 0 Å². The number of phosphoric ester groups is 1. The van der Waals surface area contributed by atoms with Gasteiger partial charge in [0.25, 0.3) is 0 Å². The Morgan fingerprint density at radius 1 is 1.48 bits per heavy atom. The van der Waals surface area contributed by atoms with Gasteiger partial charge in [0.05, 0.1) is 19.6 Å². The Hall–Kier alpha value is -1.11. The van der Waals surface area contributed by atoms with Crippen LogP contribution in [0, 0.1) is 4.64 Å². The van der Waals surface area contributed by atoms with E-state index in [4.69, 9.17) is 26.7 Å². The number of nitrogens with one attached hydrogen (secondary N) is 2. The first kappa shape index (κ1) is 16.7. The number of nitrogens with zero attached hydrogens (tertiary/aromatic N) is 2. The van der Waals surface area contributed by atoms with Gasteiger partial charge in [0.1, 0.15) is 29.8 Å². The highest BCUT2D eigenvalue weighted by molar-refractivity contribution is 7.71. The van der Waals surface area contributed by atoms with Crippen LogP contribution in [0.2, 0.25) is 0 Å². The lowest BCUT2D eigenvalue weighted by molar-refractivity contribution is -0.0216. The van der Waals surface area contributed by atoms with E-state index in [-0.39, 0.29) is 6.67 Å². The second-order valence-corrected chi connectivity index (χ2v) is 6.69. The number of ether oxygens (including phenoxy) is 1. The monoisotopic (exact) mass is 366 g/mol. The number of aromatic amines is 1. The molecule has 0 saturated carbocycles. The molecule has 4 atom stereocenters. The number of anilines is 2. The van der Waals surface area contributed by atoms with Gasteiger partial charge in [-0.3, -0.25) is 4.52 Å². The minimum atomic E-state index is -4.70. The van der Waals surface area contributed by atoms with Crippen molar-refractivity contribution in [2.45, 2.75) is 24.5 Å². The molecule has 1 fully saturated rings. The molecule has 0 spiro atoms. The van der Waals surface area contributed by atoms with Crippen molar-refractivity contribution in [1.29, 1.82) is 0 Å². The Kier molecular flexibility index (Phi) is 4.42. The quantitative estimate of drug-likeness (QED) is 0.283. The maximum Gasteiger partial charge on any atom is 0.469 e. The largest absolute Gasteiger partial charge is 0.469 e. The highest BCUT2D eigenvalue weighted by Crippen LogP contribution is 2.39. The van der Waals surface area contributed by atoms with E-state index in [0.717, 1.165) is 0 Å². The van der Waals surface area contributed by atoms with Crippen molar-refractivity contribution in [2.24, 2.45) is 0 Å². The van der Waals surface area contributed by atoms with Gasteiger partial charge in [-0.25, -0.2) is 9.55 Å². The number of fused-ring (bicyclic) bond motifs is 1. The van der Waals surface area contributed by atoms with Gasteiger partial charge in [-0.1, -0.05) is 12.2 Å². The van der Waals surface area contributed by atoms with E-state index in [2.05, 4.69) is 19.8 Å². The number of hydrogen-bond donors (Lipinski definition) is 6. The second-order valence-electron chi connectivity index (χ2n) is 5.07. The summed E-state index contributed by atoms with van der Waals surface area (Å²) in [5.41, 5.74) is 0.572. The summed E-state index contributed by atoms with van der Waals surface area (Å²) in [5.74, 6) is 0.540. The Morgan fingerprint density at radius 2 is 2.22 bits per heavy atom. The van der Waals surface area contributed by atoms with Crippen LogP contribution in [-0.4, -0.2) is 67.8 Å². The van der Waals surface area contributed by atoms with E-state index in [0.29, 0.717) is 16.1 Å². The zero-order valence-corrected chi connectivity index (χ0v) is 13.3. The lowest BCUT2D eigenvalue weighted by atomic mass is 10.1. The summed E-state index contributed by atoms with van der Waals surface area (Å²) in [5, 5.41) is 23.2. The molecule has 2 aliphatic rings. The molecule has 0 radical (unpaired) electrons. The van der Waals surface area contributed by atoms with E-state index >= 15 is 0 Å². The van der Waals surface area contributed by atoms with Crippen LogP contribution in [-0.2, 0) is 13.8 Å². The highest BCUT2D eigenvalue weighted by atomic mass is 32.1. The molecule has 3 rings (SSSR count). The van der Waals surface area contributed by atoms with E-state index in [1.807, 2.05) is 0 Å². The SMILES string of the molecule is O=P(O)(O)OC[C@@H]1O[C@H](N2CNc3c2[nH]cnc3=S)C(O)C1O. The molecule has 2 aliphatic heterocycles. The first-order valence-corrected chi connectivity index (χ1v) is 8.51. The van der Waals surface area contributed by atoms with Crippen molar-refractivity contribution >= 4 is 31.5 Å². The third-order valence-corrected chi connectivity index (χ3v) is 4.39. The molecule has 2 unspecified atom stereocenters. The predicted molar refractivity (Wildman–Crippen MR) is 79.1 cm³/mol. The van der Waals surface area contributed by atoms with E-state index in [1.165, 1.54) is 6.33 Å². The van der Waals surface area contributed by atoms with Gasteiger partial charge < -0.3 is 39.9 Å². The smallest absolute Gasteiger partial charge is 0.387 e. The van der Waals surface area contributed by atoms with Gasteiger partial charge in [0.2, 0.25) is 0 Å². The maximum atomic E-state index is 10.7. The minimum absolute atomic E-state index is 0.252. The summed E-state index contributed by atoms with van der Waals surface area (Å²) in [6, 6.07) is 0. The average Bonchev–Trinajstić information content (AvgIpc) is 3.01. The fraction of sp³-hybridized carbons (Fsp3) is 0.600. The van der Waals surface area contributed by atoms with Gasteiger partial charge in [0.15, 0.2) is 10.9 Å². The highest BCUT2D eigenvalue weighted by Gasteiger charge is 2.47. The first-order chi connectivity index (χ1) is 10.8. The molecule has 3 heterocycles. The van der Waals surface area contributed by atoms with Crippen molar-refractivity contribution in [2.75, 3.05) is 23.5 Å². The Labute approximate surface area is 135 Å². The zero-order valence-electron chi connectivity index (χ0n) is 11.6. The van der Waals surface area contributed by atoms with Gasteiger partial charge >= 0.3 is 7.82 Å². The van der Waals surface area contributed by atoms with E-state index in [9.17, 15) is 14.8 Å². The molecular formula is C10H15N4O7PS. The van der Waals surface area contributed by atoms with Crippen LogP contribution in [0.25, 0.3) is 0 Å². The number of aliphatic hydroxyl groups is 2. The van der Waals surface area contributed by atoms with E-state index < -0.39 is 39.0 Å². The van der Waals surface area contributed by atoms with Crippen molar-refractivity contribution in [3.05, 3.63) is 11.0 Å². The van der Waals surface area contributed by atoms with Crippen LogP contribution in [0.3, 0.4) is 0 Å². The van der Waals surface area contributed by atoms with Crippen LogP contribution in [0.4, 0.5) is 11.5 Å². The summed E-state index contributed by atoms with van der Waals surface area (Å²) < 4.78 is 20.9. The Morgan fingerprint density at radius 3 is 2.91 bits per heavy atom. The maximum absolute atomic E-state index is 10.7. The molecule has 11 nitrogen and oxygen atoms in total. The molecule has 1 saturated heterocycles. The Bertz CT molecular complexity index is 696. The minimum Gasteiger partial charge on any atom is -0.387 e. The number of aromatic nitrogens is 2. The lowest BCUT2D eigenvalue weighted by Crippen LogP contribution is -2.44. The summed E-state index contributed by atoms with van der Waals surface area (Å²) >= 11 is 5.09.